The zero-order valence-electron chi connectivity index (χ0n) is 11.7. The Labute approximate surface area is 113 Å². The van der Waals surface area contributed by atoms with Crippen molar-refractivity contribution in [3.63, 3.8) is 0 Å². The molecule has 0 aliphatic rings. The van der Waals surface area contributed by atoms with E-state index in [-0.39, 0.29) is 12.4 Å². The number of ether oxygens (including phenoxy) is 1. The smallest absolute Gasteiger partial charge is 0.140 e. The molecule has 0 aromatic carbocycles. The van der Waals surface area contributed by atoms with E-state index < -0.39 is 0 Å². The molecule has 0 spiro atoms. The van der Waals surface area contributed by atoms with Crippen molar-refractivity contribution in [2.75, 3.05) is 38.3 Å². The van der Waals surface area contributed by atoms with E-state index in [1.54, 1.807) is 7.11 Å². The molecule has 0 bridgehead atoms. The Hall–Kier alpha value is -1.66. The molecule has 0 amide bonds. The first-order valence-electron chi connectivity index (χ1n) is 6.18. The molecule has 1 aromatic rings. The second-order valence-corrected chi connectivity index (χ2v) is 4.40. The summed E-state index contributed by atoms with van der Waals surface area (Å²) in [5, 5.41) is 16.9. The molecule has 0 radical (unpaired) electrons. The van der Waals surface area contributed by atoms with Crippen LogP contribution >= 0.6 is 0 Å². The molecule has 0 saturated heterocycles. The van der Waals surface area contributed by atoms with Gasteiger partial charge < -0.3 is 20.5 Å². The molecule has 4 N–H and O–H groups in total. The molecule has 0 aliphatic carbocycles. The number of nitrogens with two attached hydrogens (primary N) is 1. The highest BCUT2D eigenvalue weighted by Gasteiger charge is 2.17. The van der Waals surface area contributed by atoms with E-state index in [1.807, 2.05) is 24.8 Å². The van der Waals surface area contributed by atoms with Crippen LogP contribution in [-0.4, -0.2) is 49.3 Å². The summed E-state index contributed by atoms with van der Waals surface area (Å²) >= 11 is 0. The Bertz CT molecular complexity index is 449. The normalized spacial score (nSPS) is 10.5. The minimum atomic E-state index is -0.0136. The largest absolute Gasteiger partial charge is 0.395 e. The monoisotopic (exact) mass is 266 g/mol. The summed E-state index contributed by atoms with van der Waals surface area (Å²) in [6.07, 6.45) is 0. The molecule has 0 saturated carbocycles. The minimum Gasteiger partial charge on any atom is -0.395 e. The van der Waals surface area contributed by atoms with E-state index >= 15 is 0 Å². The van der Waals surface area contributed by atoms with Crippen LogP contribution in [0.3, 0.4) is 0 Å². The fraction of sp³-hybridized carbons (Fsp3) is 0.538. The molecule has 6 heteroatoms. The van der Waals surface area contributed by atoms with Crippen molar-refractivity contribution in [2.24, 2.45) is 5.73 Å². The molecule has 0 atom stereocenters. The van der Waals surface area contributed by atoms with Gasteiger partial charge in [0.25, 0.3) is 0 Å². The first kappa shape index (κ1) is 15.4. The summed E-state index contributed by atoms with van der Waals surface area (Å²) in [5.74, 6) is 0.622. The Morgan fingerprint density at radius 3 is 2.68 bits per heavy atom. The van der Waals surface area contributed by atoms with Crippen molar-refractivity contribution in [3.8, 4) is 0 Å². The van der Waals surface area contributed by atoms with Crippen LogP contribution < -0.4 is 10.6 Å². The highest BCUT2D eigenvalue weighted by Crippen LogP contribution is 2.22. The van der Waals surface area contributed by atoms with Crippen LogP contribution in [0.4, 0.5) is 5.82 Å². The van der Waals surface area contributed by atoms with Crippen LogP contribution in [0.1, 0.15) is 16.8 Å². The number of nitrogen functional groups attached to an aromatic ring is 1. The number of nitrogens with one attached hydrogen (secondary N) is 1. The van der Waals surface area contributed by atoms with E-state index in [9.17, 15) is 5.11 Å². The number of aliphatic hydroxyl groups excluding tert-OH is 1. The van der Waals surface area contributed by atoms with Gasteiger partial charge in [0, 0.05) is 25.9 Å². The van der Waals surface area contributed by atoms with Crippen LogP contribution in [-0.2, 0) is 4.74 Å². The lowest BCUT2D eigenvalue weighted by Gasteiger charge is -2.26. The third-order valence-corrected chi connectivity index (χ3v) is 2.83. The maximum Gasteiger partial charge on any atom is 0.140 e. The maximum atomic E-state index is 9.17. The third-order valence-electron chi connectivity index (χ3n) is 2.83. The fourth-order valence-electron chi connectivity index (χ4n) is 2.02. The van der Waals surface area contributed by atoms with Gasteiger partial charge in [-0.3, -0.25) is 5.41 Å². The van der Waals surface area contributed by atoms with E-state index in [1.165, 1.54) is 0 Å². The molecule has 0 aliphatic heterocycles. The lowest BCUT2D eigenvalue weighted by atomic mass is 10.1. The number of hydrogen-bond donors (Lipinski definition) is 3. The van der Waals surface area contributed by atoms with Gasteiger partial charge >= 0.3 is 0 Å². The lowest BCUT2D eigenvalue weighted by Crippen LogP contribution is -2.33. The molecule has 1 rings (SSSR count). The molecular weight excluding hydrogens is 244 g/mol. The number of anilines is 1. The van der Waals surface area contributed by atoms with Crippen LogP contribution in [0.2, 0.25) is 0 Å². The highest BCUT2D eigenvalue weighted by molar-refractivity contribution is 6.01. The van der Waals surface area contributed by atoms with E-state index in [4.69, 9.17) is 15.9 Å². The molecule has 0 fully saturated rings. The molecular formula is C13H22N4O2. The van der Waals surface area contributed by atoms with Crippen LogP contribution in [0.5, 0.6) is 0 Å². The molecule has 19 heavy (non-hydrogen) atoms. The highest BCUT2D eigenvalue weighted by atomic mass is 16.5. The number of aromatic nitrogens is 1. The maximum absolute atomic E-state index is 9.17. The molecule has 0 unspecified atom stereocenters. The lowest BCUT2D eigenvalue weighted by molar-refractivity contribution is 0.202. The topological polar surface area (TPSA) is 95.5 Å². The number of pyridine rings is 1. The van der Waals surface area contributed by atoms with Crippen LogP contribution in [0, 0.1) is 19.3 Å². The average Bonchev–Trinajstić information content (AvgIpc) is 2.32. The Balaban J connectivity index is 3.22. The predicted molar refractivity (Wildman–Crippen MR) is 75.9 cm³/mol. The zero-order valence-corrected chi connectivity index (χ0v) is 11.7. The fourth-order valence-corrected chi connectivity index (χ4v) is 2.02. The SMILES string of the molecule is COCCN(CCO)c1nc(C)cc(C)c1C(=N)N. The number of nitrogens with zero attached hydrogens (tertiary/aromatic N) is 2. The van der Waals surface area contributed by atoms with Crippen molar-refractivity contribution in [1.82, 2.24) is 4.98 Å². The van der Waals surface area contributed by atoms with Gasteiger partial charge in [-0.2, -0.15) is 0 Å². The molecule has 6 nitrogen and oxygen atoms in total. The molecule has 1 aromatic heterocycles. The Kier molecular flexibility index (Phi) is 5.72. The second kappa shape index (κ2) is 7.06. The van der Waals surface area contributed by atoms with Gasteiger partial charge in [0.1, 0.15) is 11.7 Å². The van der Waals surface area contributed by atoms with Gasteiger partial charge in [0.05, 0.1) is 18.8 Å². The van der Waals surface area contributed by atoms with Crippen LogP contribution in [0.15, 0.2) is 6.07 Å². The second-order valence-electron chi connectivity index (χ2n) is 4.40. The summed E-state index contributed by atoms with van der Waals surface area (Å²) in [7, 11) is 1.62. The average molecular weight is 266 g/mol. The standard InChI is InChI=1S/C13H22N4O2/c1-9-8-10(2)16-13(11(9)12(14)15)17(4-6-18)5-7-19-3/h8,18H,4-7H2,1-3H3,(H3,14,15). The Morgan fingerprint density at radius 2 is 2.16 bits per heavy atom. The first-order chi connectivity index (χ1) is 9.01. The van der Waals surface area contributed by atoms with Gasteiger partial charge in [-0.15, -0.1) is 0 Å². The zero-order chi connectivity index (χ0) is 14.4. The van der Waals surface area contributed by atoms with E-state index in [0.29, 0.717) is 31.1 Å². The number of aliphatic hydroxyl groups is 1. The van der Waals surface area contributed by atoms with Crippen molar-refractivity contribution >= 4 is 11.7 Å². The number of methoxy groups -OCH3 is 1. The summed E-state index contributed by atoms with van der Waals surface area (Å²) in [4.78, 5) is 6.35. The minimum absolute atomic E-state index is 0.00965. The summed E-state index contributed by atoms with van der Waals surface area (Å²) in [6, 6.07) is 1.90. The molecule has 1 heterocycles. The van der Waals surface area contributed by atoms with E-state index in [2.05, 4.69) is 4.98 Å². The number of aryl methyl sites for hydroxylation is 2. The van der Waals surface area contributed by atoms with Crippen molar-refractivity contribution in [1.29, 1.82) is 5.41 Å². The third kappa shape index (κ3) is 3.90. The van der Waals surface area contributed by atoms with Crippen molar-refractivity contribution < 1.29 is 9.84 Å². The predicted octanol–water partition coefficient (Wildman–Crippen LogP) is 0.428. The molecule has 106 valence electrons. The van der Waals surface area contributed by atoms with Gasteiger partial charge in [-0.05, 0) is 25.5 Å². The summed E-state index contributed by atoms with van der Waals surface area (Å²) in [5.41, 5.74) is 8.04. The number of hydrogen-bond acceptors (Lipinski definition) is 5. The van der Waals surface area contributed by atoms with Crippen LogP contribution in [0.25, 0.3) is 0 Å². The summed E-state index contributed by atoms with van der Waals surface area (Å²) < 4.78 is 5.06. The van der Waals surface area contributed by atoms with Crippen molar-refractivity contribution in [3.05, 3.63) is 22.9 Å². The van der Waals surface area contributed by atoms with E-state index in [0.717, 1.165) is 11.3 Å². The first-order valence-corrected chi connectivity index (χ1v) is 6.18. The number of amidine groups is 1. The van der Waals surface area contributed by atoms with Crippen molar-refractivity contribution in [2.45, 2.75) is 13.8 Å². The van der Waals surface area contributed by atoms with Gasteiger partial charge in [-0.1, -0.05) is 0 Å². The quantitative estimate of drug-likeness (QED) is 0.491. The number of rotatable bonds is 7. The summed E-state index contributed by atoms with van der Waals surface area (Å²) in [6.45, 7) is 5.35. The Morgan fingerprint density at radius 1 is 1.47 bits per heavy atom. The van der Waals surface area contributed by atoms with Gasteiger partial charge in [-0.25, -0.2) is 4.98 Å². The van der Waals surface area contributed by atoms with Gasteiger partial charge in [0.2, 0.25) is 0 Å². The van der Waals surface area contributed by atoms with Gasteiger partial charge in [0.15, 0.2) is 0 Å².